The molecule has 1 aliphatic heterocycles. The lowest BCUT2D eigenvalue weighted by Gasteiger charge is -2.15. The molecule has 0 bridgehead atoms. The van der Waals surface area contributed by atoms with Crippen molar-refractivity contribution in [2.45, 2.75) is 31.7 Å². The number of rotatable bonds is 4. The van der Waals surface area contributed by atoms with Gasteiger partial charge in [0.05, 0.1) is 19.1 Å². The highest BCUT2D eigenvalue weighted by atomic mass is 16.5. The second-order valence-corrected chi connectivity index (χ2v) is 4.30. The van der Waals surface area contributed by atoms with Crippen LogP contribution in [0.5, 0.6) is 0 Å². The molecular weight excluding hydrogens is 204 g/mol. The first kappa shape index (κ1) is 11.5. The van der Waals surface area contributed by atoms with Crippen LogP contribution in [0.1, 0.15) is 30.9 Å². The standard InChI is InChI=1S/C11H20N4O/c1-4-5-10-13-11(15(3)14-10)8-6-16-7-9(8)12-2/h8-9,12H,4-7H2,1-3H3. The number of likely N-dealkylation sites (N-methyl/N-ethyl adjacent to an activating group) is 1. The summed E-state index contributed by atoms with van der Waals surface area (Å²) in [7, 11) is 3.93. The van der Waals surface area contributed by atoms with E-state index in [4.69, 9.17) is 4.74 Å². The van der Waals surface area contributed by atoms with Gasteiger partial charge in [-0.15, -0.1) is 0 Å². The lowest BCUT2D eigenvalue weighted by molar-refractivity contribution is 0.187. The van der Waals surface area contributed by atoms with E-state index in [1.807, 2.05) is 18.8 Å². The first-order valence-electron chi connectivity index (χ1n) is 5.91. The number of ether oxygens (including phenoxy) is 1. The van der Waals surface area contributed by atoms with Crippen molar-refractivity contribution in [2.24, 2.45) is 7.05 Å². The third-order valence-corrected chi connectivity index (χ3v) is 3.10. The second kappa shape index (κ2) is 4.93. The predicted molar refractivity (Wildman–Crippen MR) is 61.4 cm³/mol. The summed E-state index contributed by atoms with van der Waals surface area (Å²) in [5, 5.41) is 7.71. The molecule has 1 fully saturated rings. The maximum Gasteiger partial charge on any atom is 0.150 e. The molecule has 2 atom stereocenters. The lowest BCUT2D eigenvalue weighted by atomic mass is 10.0. The largest absolute Gasteiger partial charge is 0.379 e. The van der Waals surface area contributed by atoms with Gasteiger partial charge in [0.2, 0.25) is 0 Å². The van der Waals surface area contributed by atoms with Crippen molar-refractivity contribution in [1.82, 2.24) is 20.1 Å². The van der Waals surface area contributed by atoms with Crippen LogP contribution in [-0.4, -0.2) is 41.1 Å². The minimum Gasteiger partial charge on any atom is -0.379 e. The summed E-state index contributed by atoms with van der Waals surface area (Å²) in [6, 6.07) is 0.359. The molecule has 0 spiro atoms. The third kappa shape index (κ3) is 2.10. The molecule has 0 saturated carbocycles. The molecule has 16 heavy (non-hydrogen) atoms. The zero-order valence-electron chi connectivity index (χ0n) is 10.2. The van der Waals surface area contributed by atoms with Gasteiger partial charge in [0.1, 0.15) is 5.82 Å². The van der Waals surface area contributed by atoms with E-state index >= 15 is 0 Å². The van der Waals surface area contributed by atoms with E-state index in [0.29, 0.717) is 12.0 Å². The predicted octanol–water partition coefficient (Wildman–Crippen LogP) is 0.469. The number of nitrogens with zero attached hydrogens (tertiary/aromatic N) is 3. The maximum atomic E-state index is 5.50. The van der Waals surface area contributed by atoms with Crippen molar-refractivity contribution in [1.29, 1.82) is 0 Å². The van der Waals surface area contributed by atoms with Crippen LogP contribution in [0.3, 0.4) is 0 Å². The highest BCUT2D eigenvalue weighted by molar-refractivity contribution is 5.06. The Labute approximate surface area is 96.2 Å². The van der Waals surface area contributed by atoms with E-state index in [-0.39, 0.29) is 0 Å². The number of hydrogen-bond donors (Lipinski definition) is 1. The average Bonchev–Trinajstić information content (AvgIpc) is 2.84. The SMILES string of the molecule is CCCc1nc(C2COCC2NC)n(C)n1. The summed E-state index contributed by atoms with van der Waals surface area (Å²) in [6.07, 6.45) is 2.03. The highest BCUT2D eigenvalue weighted by Crippen LogP contribution is 2.23. The minimum absolute atomic E-state index is 0.327. The zero-order valence-corrected chi connectivity index (χ0v) is 10.2. The summed E-state index contributed by atoms with van der Waals surface area (Å²) in [5.74, 6) is 2.31. The molecular formula is C11H20N4O. The van der Waals surface area contributed by atoms with Crippen molar-refractivity contribution in [3.63, 3.8) is 0 Å². The molecule has 1 saturated heterocycles. The molecule has 1 N–H and O–H groups in total. The fourth-order valence-corrected chi connectivity index (χ4v) is 2.20. The Hall–Kier alpha value is -0.940. The minimum atomic E-state index is 0.327. The van der Waals surface area contributed by atoms with Gasteiger partial charge in [0, 0.05) is 19.5 Å². The van der Waals surface area contributed by atoms with Crippen LogP contribution >= 0.6 is 0 Å². The Bertz CT molecular complexity index is 350. The van der Waals surface area contributed by atoms with Gasteiger partial charge in [-0.25, -0.2) is 4.98 Å². The Kier molecular flexibility index (Phi) is 3.56. The Morgan fingerprint density at radius 3 is 3.00 bits per heavy atom. The quantitative estimate of drug-likeness (QED) is 0.807. The van der Waals surface area contributed by atoms with Crippen molar-refractivity contribution in [3.8, 4) is 0 Å². The molecule has 1 aromatic heterocycles. The fraction of sp³-hybridized carbons (Fsp3) is 0.818. The average molecular weight is 224 g/mol. The molecule has 0 aromatic carbocycles. The molecule has 1 aliphatic rings. The molecule has 5 nitrogen and oxygen atoms in total. The van der Waals surface area contributed by atoms with Crippen LogP contribution < -0.4 is 5.32 Å². The molecule has 0 aliphatic carbocycles. The Morgan fingerprint density at radius 1 is 1.50 bits per heavy atom. The van der Waals surface area contributed by atoms with Gasteiger partial charge in [-0.2, -0.15) is 5.10 Å². The van der Waals surface area contributed by atoms with E-state index < -0.39 is 0 Å². The number of hydrogen-bond acceptors (Lipinski definition) is 4. The second-order valence-electron chi connectivity index (χ2n) is 4.30. The molecule has 90 valence electrons. The summed E-state index contributed by atoms with van der Waals surface area (Å²) in [5.41, 5.74) is 0. The number of aromatic nitrogens is 3. The van der Waals surface area contributed by atoms with Crippen LogP contribution in [0, 0.1) is 0 Å². The monoisotopic (exact) mass is 224 g/mol. The van der Waals surface area contributed by atoms with E-state index in [2.05, 4.69) is 22.3 Å². The smallest absolute Gasteiger partial charge is 0.150 e. The molecule has 0 radical (unpaired) electrons. The molecule has 2 rings (SSSR count). The van der Waals surface area contributed by atoms with Gasteiger partial charge >= 0.3 is 0 Å². The van der Waals surface area contributed by atoms with E-state index in [1.165, 1.54) is 0 Å². The normalized spacial score (nSPS) is 25.2. The van der Waals surface area contributed by atoms with Gasteiger partial charge in [-0.3, -0.25) is 4.68 Å². The van der Waals surface area contributed by atoms with Crippen LogP contribution in [0.15, 0.2) is 0 Å². The lowest BCUT2D eigenvalue weighted by Crippen LogP contribution is -2.32. The highest BCUT2D eigenvalue weighted by Gasteiger charge is 2.32. The van der Waals surface area contributed by atoms with Gasteiger partial charge in [0.25, 0.3) is 0 Å². The Balaban J connectivity index is 2.18. The van der Waals surface area contributed by atoms with Gasteiger partial charge in [0.15, 0.2) is 5.82 Å². The zero-order chi connectivity index (χ0) is 11.5. The topological polar surface area (TPSA) is 52.0 Å². The van der Waals surface area contributed by atoms with Crippen LogP contribution in [0.4, 0.5) is 0 Å². The molecule has 1 aromatic rings. The van der Waals surface area contributed by atoms with E-state index in [1.54, 1.807) is 0 Å². The van der Waals surface area contributed by atoms with Crippen molar-refractivity contribution in [3.05, 3.63) is 11.6 Å². The van der Waals surface area contributed by atoms with Gasteiger partial charge < -0.3 is 10.1 Å². The third-order valence-electron chi connectivity index (χ3n) is 3.10. The number of nitrogens with one attached hydrogen (secondary N) is 1. The van der Waals surface area contributed by atoms with Crippen molar-refractivity contribution in [2.75, 3.05) is 20.3 Å². The van der Waals surface area contributed by atoms with Crippen molar-refractivity contribution >= 4 is 0 Å². The van der Waals surface area contributed by atoms with Crippen LogP contribution in [0.25, 0.3) is 0 Å². The van der Waals surface area contributed by atoms with Gasteiger partial charge in [-0.1, -0.05) is 6.92 Å². The van der Waals surface area contributed by atoms with Gasteiger partial charge in [-0.05, 0) is 13.5 Å². The summed E-state index contributed by atoms with van der Waals surface area (Å²) >= 11 is 0. The van der Waals surface area contributed by atoms with E-state index in [9.17, 15) is 0 Å². The first-order valence-corrected chi connectivity index (χ1v) is 5.91. The van der Waals surface area contributed by atoms with Crippen LogP contribution in [0.2, 0.25) is 0 Å². The van der Waals surface area contributed by atoms with Crippen LogP contribution in [-0.2, 0) is 18.2 Å². The van der Waals surface area contributed by atoms with Crippen molar-refractivity contribution < 1.29 is 4.74 Å². The molecule has 5 heteroatoms. The first-order chi connectivity index (χ1) is 7.76. The summed E-state index contributed by atoms with van der Waals surface area (Å²) in [6.45, 7) is 3.64. The number of aryl methyl sites for hydroxylation is 2. The van der Waals surface area contributed by atoms with E-state index in [0.717, 1.165) is 37.7 Å². The summed E-state index contributed by atoms with van der Waals surface area (Å²) in [4.78, 5) is 4.61. The summed E-state index contributed by atoms with van der Waals surface area (Å²) < 4.78 is 7.39. The molecule has 2 unspecified atom stereocenters. The molecule has 2 heterocycles. The fourth-order valence-electron chi connectivity index (χ4n) is 2.20. The molecule has 0 amide bonds. The maximum absolute atomic E-state index is 5.50. The Morgan fingerprint density at radius 2 is 2.31 bits per heavy atom.